The molecule has 2 aromatic carbocycles. The van der Waals surface area contributed by atoms with Crippen LogP contribution in [0.5, 0.6) is 5.75 Å². The molecule has 2 fully saturated rings. The Morgan fingerprint density at radius 2 is 1.85 bits per heavy atom. The quantitative estimate of drug-likeness (QED) is 0.837. The van der Waals surface area contributed by atoms with Gasteiger partial charge in [-0.1, -0.05) is 30.3 Å². The Morgan fingerprint density at radius 1 is 1.07 bits per heavy atom. The lowest BCUT2D eigenvalue weighted by Gasteiger charge is -2.32. The maximum Gasteiger partial charge on any atom is 0.387 e. The molecule has 2 saturated heterocycles. The zero-order valence-electron chi connectivity index (χ0n) is 15.2. The molecule has 7 heteroatoms. The minimum atomic E-state index is -2.80. The molecule has 1 N–H and O–H groups in total. The SMILES string of the molecule is Cl.FC(F)Oc1ccc2ccccc2c1CN1CCC(N2CCNCC2)C1. The van der Waals surface area contributed by atoms with Crippen LogP contribution in [0.15, 0.2) is 36.4 Å². The number of rotatable bonds is 5. The molecular formula is C20H26ClF2N3O. The van der Waals surface area contributed by atoms with Crippen LogP contribution in [0.4, 0.5) is 8.78 Å². The minimum Gasteiger partial charge on any atom is -0.434 e. The van der Waals surface area contributed by atoms with E-state index in [-0.39, 0.29) is 12.4 Å². The van der Waals surface area contributed by atoms with E-state index in [0.29, 0.717) is 18.3 Å². The summed E-state index contributed by atoms with van der Waals surface area (Å²) < 4.78 is 30.6. The first-order valence-electron chi connectivity index (χ1n) is 9.33. The second kappa shape index (κ2) is 9.15. The zero-order chi connectivity index (χ0) is 17.9. The fraction of sp³-hybridized carbons (Fsp3) is 0.500. The minimum absolute atomic E-state index is 0. The van der Waals surface area contributed by atoms with Gasteiger partial charge in [-0.3, -0.25) is 9.80 Å². The number of fused-ring (bicyclic) bond motifs is 1. The number of hydrogen-bond acceptors (Lipinski definition) is 4. The first-order chi connectivity index (χ1) is 12.7. The lowest BCUT2D eigenvalue weighted by atomic mass is 10.0. The van der Waals surface area contributed by atoms with Crippen molar-refractivity contribution >= 4 is 23.2 Å². The molecule has 1 unspecified atom stereocenters. The highest BCUT2D eigenvalue weighted by molar-refractivity contribution is 5.87. The summed E-state index contributed by atoms with van der Waals surface area (Å²) >= 11 is 0. The van der Waals surface area contributed by atoms with Crippen LogP contribution in [0, 0.1) is 0 Å². The predicted molar refractivity (Wildman–Crippen MR) is 106 cm³/mol. The van der Waals surface area contributed by atoms with E-state index in [1.807, 2.05) is 30.3 Å². The highest BCUT2D eigenvalue weighted by Crippen LogP contribution is 2.31. The average molecular weight is 398 g/mol. The Labute approximate surface area is 164 Å². The summed E-state index contributed by atoms with van der Waals surface area (Å²) in [5.74, 6) is 0.296. The highest BCUT2D eigenvalue weighted by atomic mass is 35.5. The predicted octanol–water partition coefficient (Wildman–Crippen LogP) is 3.34. The number of likely N-dealkylation sites (tertiary alicyclic amines) is 1. The van der Waals surface area contributed by atoms with Gasteiger partial charge in [0, 0.05) is 57.4 Å². The third-order valence-electron chi connectivity index (χ3n) is 5.51. The van der Waals surface area contributed by atoms with Crippen LogP contribution in [0.25, 0.3) is 10.8 Å². The lowest BCUT2D eigenvalue weighted by molar-refractivity contribution is -0.0506. The number of benzene rings is 2. The standard InChI is InChI=1S/C20H25F2N3O.ClH/c21-20(22)26-19-6-5-15-3-1-2-4-17(15)18(19)14-24-10-7-16(13-24)25-11-8-23-9-12-25;/h1-6,16,20,23H,7-14H2;1H. The van der Waals surface area contributed by atoms with Crippen molar-refractivity contribution in [3.05, 3.63) is 42.0 Å². The summed E-state index contributed by atoms with van der Waals surface area (Å²) in [5, 5.41) is 5.45. The van der Waals surface area contributed by atoms with Crippen LogP contribution < -0.4 is 10.1 Å². The number of alkyl halides is 2. The van der Waals surface area contributed by atoms with Crippen molar-refractivity contribution in [3.63, 3.8) is 0 Å². The van der Waals surface area contributed by atoms with E-state index in [2.05, 4.69) is 15.1 Å². The lowest BCUT2D eigenvalue weighted by Crippen LogP contribution is -2.49. The van der Waals surface area contributed by atoms with Crippen LogP contribution in [0.1, 0.15) is 12.0 Å². The smallest absolute Gasteiger partial charge is 0.387 e. The average Bonchev–Trinajstić information content (AvgIpc) is 3.13. The van der Waals surface area contributed by atoms with Gasteiger partial charge in [-0.2, -0.15) is 8.78 Å². The van der Waals surface area contributed by atoms with Crippen LogP contribution in [0.2, 0.25) is 0 Å². The van der Waals surface area contributed by atoms with Gasteiger partial charge in [0.2, 0.25) is 0 Å². The molecule has 0 bridgehead atoms. The van der Waals surface area contributed by atoms with Gasteiger partial charge in [0.25, 0.3) is 0 Å². The van der Waals surface area contributed by atoms with Gasteiger partial charge in [-0.25, -0.2) is 0 Å². The molecule has 0 amide bonds. The van der Waals surface area contributed by atoms with Crippen LogP contribution in [-0.4, -0.2) is 61.7 Å². The second-order valence-corrected chi connectivity index (χ2v) is 7.11. The molecule has 27 heavy (non-hydrogen) atoms. The summed E-state index contributed by atoms with van der Waals surface area (Å²) in [5.41, 5.74) is 0.865. The number of hydrogen-bond donors (Lipinski definition) is 1. The van der Waals surface area contributed by atoms with Crippen LogP contribution >= 0.6 is 12.4 Å². The van der Waals surface area contributed by atoms with Crippen molar-refractivity contribution in [1.82, 2.24) is 15.1 Å². The molecule has 0 radical (unpaired) electrons. The molecule has 0 spiro atoms. The maximum absolute atomic E-state index is 12.9. The Bertz CT molecular complexity index is 755. The van der Waals surface area contributed by atoms with E-state index >= 15 is 0 Å². The Kier molecular flexibility index (Phi) is 6.87. The molecule has 2 heterocycles. The Balaban J connectivity index is 0.00000210. The number of ether oxygens (including phenoxy) is 1. The van der Waals surface area contributed by atoms with Gasteiger partial charge in [0.15, 0.2) is 0 Å². The van der Waals surface area contributed by atoms with E-state index in [0.717, 1.165) is 62.0 Å². The molecule has 2 aliphatic heterocycles. The van der Waals surface area contributed by atoms with Crippen molar-refractivity contribution < 1.29 is 13.5 Å². The number of nitrogens with zero attached hydrogens (tertiary/aromatic N) is 2. The molecular weight excluding hydrogens is 372 g/mol. The van der Waals surface area contributed by atoms with Crippen molar-refractivity contribution in [2.24, 2.45) is 0 Å². The van der Waals surface area contributed by atoms with E-state index in [9.17, 15) is 8.78 Å². The fourth-order valence-corrected chi connectivity index (χ4v) is 4.21. The molecule has 4 nitrogen and oxygen atoms in total. The highest BCUT2D eigenvalue weighted by Gasteiger charge is 2.29. The van der Waals surface area contributed by atoms with Gasteiger partial charge in [0.05, 0.1) is 0 Å². The fourth-order valence-electron chi connectivity index (χ4n) is 4.21. The summed E-state index contributed by atoms with van der Waals surface area (Å²) in [7, 11) is 0. The van der Waals surface area contributed by atoms with Crippen molar-refractivity contribution in [3.8, 4) is 5.75 Å². The zero-order valence-corrected chi connectivity index (χ0v) is 16.1. The van der Waals surface area contributed by atoms with Gasteiger partial charge in [0.1, 0.15) is 5.75 Å². The molecule has 1 atom stereocenters. The Morgan fingerprint density at radius 3 is 2.63 bits per heavy atom. The summed E-state index contributed by atoms with van der Waals surface area (Å²) in [6.07, 6.45) is 1.13. The van der Waals surface area contributed by atoms with Gasteiger partial charge < -0.3 is 10.1 Å². The van der Waals surface area contributed by atoms with Crippen molar-refractivity contribution in [2.45, 2.75) is 25.6 Å². The number of piperazine rings is 1. The number of nitrogens with one attached hydrogen (secondary N) is 1. The molecule has 2 aliphatic rings. The molecule has 4 rings (SSSR count). The monoisotopic (exact) mass is 397 g/mol. The van der Waals surface area contributed by atoms with E-state index < -0.39 is 6.61 Å². The summed E-state index contributed by atoms with van der Waals surface area (Å²) in [6, 6.07) is 12.0. The van der Waals surface area contributed by atoms with E-state index in [4.69, 9.17) is 4.74 Å². The van der Waals surface area contributed by atoms with Crippen LogP contribution in [-0.2, 0) is 6.54 Å². The second-order valence-electron chi connectivity index (χ2n) is 7.11. The largest absolute Gasteiger partial charge is 0.434 e. The van der Waals surface area contributed by atoms with Crippen molar-refractivity contribution in [2.75, 3.05) is 39.3 Å². The number of halogens is 3. The van der Waals surface area contributed by atoms with Gasteiger partial charge >= 0.3 is 6.61 Å². The van der Waals surface area contributed by atoms with Gasteiger partial charge in [-0.15, -0.1) is 12.4 Å². The van der Waals surface area contributed by atoms with Crippen molar-refractivity contribution in [1.29, 1.82) is 0 Å². The van der Waals surface area contributed by atoms with Crippen LogP contribution in [0.3, 0.4) is 0 Å². The third kappa shape index (κ3) is 4.69. The third-order valence-corrected chi connectivity index (χ3v) is 5.51. The molecule has 2 aromatic rings. The normalized spacial score (nSPS) is 21.5. The Hall–Kier alpha value is -1.47. The summed E-state index contributed by atoms with van der Waals surface area (Å²) in [4.78, 5) is 4.92. The molecule has 148 valence electrons. The molecule has 0 aromatic heterocycles. The molecule has 0 aliphatic carbocycles. The van der Waals surface area contributed by atoms with E-state index in [1.165, 1.54) is 0 Å². The van der Waals surface area contributed by atoms with E-state index in [1.54, 1.807) is 6.07 Å². The first kappa shape index (κ1) is 20.3. The topological polar surface area (TPSA) is 27.7 Å². The van der Waals surface area contributed by atoms with Gasteiger partial charge in [-0.05, 0) is 23.3 Å². The first-order valence-corrected chi connectivity index (χ1v) is 9.33. The molecule has 0 saturated carbocycles. The maximum atomic E-state index is 12.9. The summed E-state index contributed by atoms with van der Waals surface area (Å²) in [6.45, 7) is 4.09.